The van der Waals surface area contributed by atoms with Crippen LogP contribution < -0.4 is 5.32 Å². The molecule has 0 spiro atoms. The number of aromatic nitrogens is 1. The summed E-state index contributed by atoms with van der Waals surface area (Å²) in [5.41, 5.74) is 2.99. The Labute approximate surface area is 128 Å². The summed E-state index contributed by atoms with van der Waals surface area (Å²) < 4.78 is 0. The van der Waals surface area contributed by atoms with Crippen molar-refractivity contribution in [2.24, 2.45) is 11.8 Å². The molecule has 1 saturated heterocycles. The van der Waals surface area contributed by atoms with E-state index >= 15 is 0 Å². The number of hydrogen-bond donors (Lipinski definition) is 1. The molecular weight excluding hydrogens is 258 g/mol. The first-order chi connectivity index (χ1) is 10.1. The number of aryl methyl sites for hydroxylation is 1. The van der Waals surface area contributed by atoms with Gasteiger partial charge in [-0.15, -0.1) is 0 Å². The maximum absolute atomic E-state index is 4.38. The summed E-state index contributed by atoms with van der Waals surface area (Å²) in [6.45, 7) is 8.06. The predicted octanol–water partition coefficient (Wildman–Crippen LogP) is 2.74. The van der Waals surface area contributed by atoms with Crippen molar-refractivity contribution in [1.82, 2.24) is 15.2 Å². The van der Waals surface area contributed by atoms with Crippen LogP contribution in [0.2, 0.25) is 0 Å². The number of rotatable bonds is 4. The highest BCUT2D eigenvalue weighted by atomic mass is 15.3. The molecule has 114 valence electrons. The molecule has 0 bridgehead atoms. The van der Waals surface area contributed by atoms with Crippen molar-refractivity contribution in [1.29, 1.82) is 0 Å². The molecule has 2 unspecified atom stereocenters. The van der Waals surface area contributed by atoms with Crippen molar-refractivity contribution in [3.63, 3.8) is 0 Å². The van der Waals surface area contributed by atoms with Crippen molar-refractivity contribution in [2.45, 2.75) is 57.7 Å². The van der Waals surface area contributed by atoms with Gasteiger partial charge in [-0.3, -0.25) is 9.88 Å². The van der Waals surface area contributed by atoms with Gasteiger partial charge >= 0.3 is 0 Å². The molecule has 2 atom stereocenters. The summed E-state index contributed by atoms with van der Waals surface area (Å²) in [6, 6.07) is 3.02. The van der Waals surface area contributed by atoms with E-state index in [4.69, 9.17) is 0 Å². The van der Waals surface area contributed by atoms with Crippen LogP contribution in [0.3, 0.4) is 0 Å². The van der Waals surface area contributed by atoms with Crippen LogP contribution in [0.15, 0.2) is 18.5 Å². The first-order valence-corrected chi connectivity index (χ1v) is 8.54. The lowest BCUT2D eigenvalue weighted by Gasteiger charge is -2.49. The van der Waals surface area contributed by atoms with Gasteiger partial charge in [0.1, 0.15) is 0 Å². The summed E-state index contributed by atoms with van der Waals surface area (Å²) >= 11 is 0. The van der Waals surface area contributed by atoms with E-state index in [2.05, 4.69) is 41.3 Å². The van der Waals surface area contributed by atoms with Crippen LogP contribution in [0.5, 0.6) is 0 Å². The number of nitrogens with zero attached hydrogens (tertiary/aromatic N) is 2. The Morgan fingerprint density at radius 3 is 2.76 bits per heavy atom. The summed E-state index contributed by atoms with van der Waals surface area (Å²) in [4.78, 5) is 7.15. The van der Waals surface area contributed by atoms with Crippen molar-refractivity contribution in [3.8, 4) is 0 Å². The van der Waals surface area contributed by atoms with Crippen LogP contribution in [-0.4, -0.2) is 34.6 Å². The lowest BCUT2D eigenvalue weighted by atomic mass is 9.88. The van der Waals surface area contributed by atoms with E-state index < -0.39 is 0 Å². The quantitative estimate of drug-likeness (QED) is 0.922. The molecule has 21 heavy (non-hydrogen) atoms. The molecule has 3 aliphatic rings. The standard InChI is InChI=1S/C18H27N3/c1-13-7-14(9-19-8-13)10-21-11-17(15-3-4-15)20-12-18(21,2)16-5-6-16/h7-9,15-17,20H,3-6,10-12H2,1-2H3. The maximum atomic E-state index is 4.38. The number of nitrogens with one attached hydrogen (secondary N) is 1. The monoisotopic (exact) mass is 285 g/mol. The van der Waals surface area contributed by atoms with E-state index in [9.17, 15) is 0 Å². The maximum Gasteiger partial charge on any atom is 0.0338 e. The van der Waals surface area contributed by atoms with E-state index in [1.54, 1.807) is 0 Å². The average Bonchev–Trinajstić information content (AvgIpc) is 3.33. The molecule has 1 N–H and O–H groups in total. The Morgan fingerprint density at radius 1 is 1.29 bits per heavy atom. The van der Waals surface area contributed by atoms with Crippen LogP contribution in [0.25, 0.3) is 0 Å². The van der Waals surface area contributed by atoms with Gasteiger partial charge < -0.3 is 5.32 Å². The predicted molar refractivity (Wildman–Crippen MR) is 85.0 cm³/mol. The van der Waals surface area contributed by atoms with Crippen LogP contribution in [0.1, 0.15) is 43.7 Å². The van der Waals surface area contributed by atoms with Crippen LogP contribution in [0.4, 0.5) is 0 Å². The van der Waals surface area contributed by atoms with Crippen LogP contribution >= 0.6 is 0 Å². The Bertz CT molecular complexity index is 521. The third-order valence-electron chi connectivity index (χ3n) is 5.81. The van der Waals surface area contributed by atoms with E-state index in [0.717, 1.165) is 31.0 Å². The van der Waals surface area contributed by atoms with Gasteiger partial charge in [0.05, 0.1) is 0 Å². The molecule has 3 heteroatoms. The van der Waals surface area contributed by atoms with Crippen molar-refractivity contribution >= 4 is 0 Å². The summed E-state index contributed by atoms with van der Waals surface area (Å²) in [5.74, 6) is 1.83. The molecule has 1 aromatic heterocycles. The first kappa shape index (κ1) is 13.7. The Balaban J connectivity index is 1.54. The minimum atomic E-state index is 0.342. The lowest BCUT2D eigenvalue weighted by Crippen LogP contribution is -2.64. The summed E-state index contributed by atoms with van der Waals surface area (Å²) in [5, 5.41) is 3.86. The van der Waals surface area contributed by atoms with Gasteiger partial charge in [-0.25, -0.2) is 0 Å². The highest BCUT2D eigenvalue weighted by Gasteiger charge is 2.49. The van der Waals surface area contributed by atoms with Crippen molar-refractivity contribution in [3.05, 3.63) is 29.6 Å². The topological polar surface area (TPSA) is 28.2 Å². The average molecular weight is 285 g/mol. The van der Waals surface area contributed by atoms with E-state index in [1.807, 2.05) is 6.20 Å². The second-order valence-electron chi connectivity index (χ2n) is 7.71. The van der Waals surface area contributed by atoms with Gasteiger partial charge in [0.25, 0.3) is 0 Å². The van der Waals surface area contributed by atoms with Crippen molar-refractivity contribution in [2.75, 3.05) is 13.1 Å². The SMILES string of the molecule is Cc1cncc(CN2CC(C3CC3)NCC2(C)C2CC2)c1. The van der Waals surface area contributed by atoms with Gasteiger partial charge in [0.15, 0.2) is 0 Å². The number of pyridine rings is 1. The fourth-order valence-corrected chi connectivity index (χ4v) is 4.05. The Kier molecular flexibility index (Phi) is 3.31. The first-order valence-electron chi connectivity index (χ1n) is 8.54. The highest BCUT2D eigenvalue weighted by molar-refractivity contribution is 5.18. The van der Waals surface area contributed by atoms with E-state index in [-0.39, 0.29) is 0 Å². The molecule has 1 aliphatic heterocycles. The molecule has 0 amide bonds. The molecule has 3 nitrogen and oxygen atoms in total. The molecule has 0 aromatic carbocycles. The minimum Gasteiger partial charge on any atom is -0.311 e. The zero-order valence-corrected chi connectivity index (χ0v) is 13.3. The van der Waals surface area contributed by atoms with Crippen molar-refractivity contribution < 1.29 is 0 Å². The highest BCUT2D eigenvalue weighted by Crippen LogP contribution is 2.46. The van der Waals surface area contributed by atoms with Gasteiger partial charge in [-0.1, -0.05) is 6.07 Å². The molecule has 0 radical (unpaired) electrons. The summed E-state index contributed by atoms with van der Waals surface area (Å²) in [6.07, 6.45) is 9.68. The lowest BCUT2D eigenvalue weighted by molar-refractivity contribution is 0.0234. The van der Waals surface area contributed by atoms with Gasteiger partial charge in [-0.05, 0) is 62.5 Å². The van der Waals surface area contributed by atoms with Gasteiger partial charge in [0, 0.05) is 43.6 Å². The van der Waals surface area contributed by atoms with E-state index in [1.165, 1.54) is 43.4 Å². The second-order valence-corrected chi connectivity index (χ2v) is 7.71. The zero-order valence-electron chi connectivity index (χ0n) is 13.3. The fraction of sp³-hybridized carbons (Fsp3) is 0.722. The fourth-order valence-electron chi connectivity index (χ4n) is 4.05. The van der Waals surface area contributed by atoms with Gasteiger partial charge in [0.2, 0.25) is 0 Å². The normalized spacial score (nSPS) is 34.1. The Morgan fingerprint density at radius 2 is 2.10 bits per heavy atom. The Hall–Kier alpha value is -0.930. The smallest absolute Gasteiger partial charge is 0.0338 e. The third kappa shape index (κ3) is 2.74. The number of hydrogen-bond acceptors (Lipinski definition) is 3. The molecular formula is C18H27N3. The molecule has 4 rings (SSSR count). The largest absolute Gasteiger partial charge is 0.311 e. The van der Waals surface area contributed by atoms with E-state index in [0.29, 0.717) is 5.54 Å². The third-order valence-corrected chi connectivity index (χ3v) is 5.81. The molecule has 2 aliphatic carbocycles. The van der Waals surface area contributed by atoms with Crippen LogP contribution in [0, 0.1) is 18.8 Å². The van der Waals surface area contributed by atoms with Gasteiger partial charge in [-0.2, -0.15) is 0 Å². The molecule has 2 heterocycles. The van der Waals surface area contributed by atoms with Crippen LogP contribution in [-0.2, 0) is 6.54 Å². The molecule has 3 fully saturated rings. The second kappa shape index (κ2) is 5.06. The number of piperazine rings is 1. The molecule has 2 saturated carbocycles. The molecule has 1 aromatic rings. The zero-order chi connectivity index (χ0) is 14.4. The minimum absolute atomic E-state index is 0.342. The summed E-state index contributed by atoms with van der Waals surface area (Å²) in [7, 11) is 0.